The number of fused-ring (bicyclic) bond motifs is 1. The second kappa shape index (κ2) is 5.55. The van der Waals surface area contributed by atoms with Gasteiger partial charge in [0.1, 0.15) is 5.82 Å². The minimum absolute atomic E-state index is 0. The largest absolute Gasteiger partial charge is 0.316 e. The van der Waals surface area contributed by atoms with Crippen LogP contribution >= 0.6 is 23.7 Å². The number of rotatable bonds is 1. The van der Waals surface area contributed by atoms with E-state index in [1.807, 2.05) is 6.07 Å². The number of hydrogen-bond donors (Lipinski definition) is 1. The third kappa shape index (κ3) is 2.40. The van der Waals surface area contributed by atoms with Gasteiger partial charge in [-0.15, -0.1) is 23.7 Å². The molecule has 1 aliphatic rings. The van der Waals surface area contributed by atoms with Crippen molar-refractivity contribution in [1.82, 2.24) is 5.32 Å². The number of benzene rings is 1. The summed E-state index contributed by atoms with van der Waals surface area (Å²) < 4.78 is 14.9. The van der Waals surface area contributed by atoms with Gasteiger partial charge in [0.15, 0.2) is 0 Å². The first-order valence-corrected chi connectivity index (χ1v) is 7.01. The molecule has 0 spiro atoms. The normalized spacial score (nSPS) is 23.9. The number of nitrogens with one attached hydrogen (secondary N) is 1. The molecule has 18 heavy (non-hydrogen) atoms. The first-order chi connectivity index (χ1) is 8.25. The summed E-state index contributed by atoms with van der Waals surface area (Å²) in [7, 11) is 0. The van der Waals surface area contributed by atoms with Crippen molar-refractivity contribution in [1.29, 1.82) is 0 Å². The van der Waals surface area contributed by atoms with Crippen molar-refractivity contribution in [2.75, 3.05) is 13.1 Å². The zero-order chi connectivity index (χ0) is 11.8. The minimum Gasteiger partial charge on any atom is -0.316 e. The zero-order valence-corrected chi connectivity index (χ0v) is 11.9. The maximum absolute atomic E-state index is 13.6. The second-order valence-electron chi connectivity index (χ2n) is 4.91. The summed E-state index contributed by atoms with van der Waals surface area (Å²) in [6.45, 7) is 4.33. The van der Waals surface area contributed by atoms with Crippen LogP contribution < -0.4 is 5.32 Å². The first kappa shape index (κ1) is 13.8. The lowest BCUT2D eigenvalue weighted by Crippen LogP contribution is -2.33. The van der Waals surface area contributed by atoms with Gasteiger partial charge in [-0.3, -0.25) is 0 Å². The van der Waals surface area contributed by atoms with Crippen LogP contribution in [0.4, 0.5) is 4.39 Å². The van der Waals surface area contributed by atoms with Crippen molar-refractivity contribution in [2.45, 2.75) is 19.3 Å². The van der Waals surface area contributed by atoms with E-state index in [0.29, 0.717) is 11.8 Å². The highest BCUT2D eigenvalue weighted by molar-refractivity contribution is 7.17. The van der Waals surface area contributed by atoms with E-state index in [4.69, 9.17) is 0 Å². The van der Waals surface area contributed by atoms with Crippen LogP contribution in [-0.2, 0) is 0 Å². The fourth-order valence-electron chi connectivity index (χ4n) is 2.82. The standard InChI is InChI=1S/C14H16FNS.ClH/c1-9-8-16-4-2-12(9)13-7-11(15)6-10-3-5-17-14(10)13;/h3,5-7,9,12,16H,2,4,8H2,1H3;1H/t9-,12+;/m1./s1. The summed E-state index contributed by atoms with van der Waals surface area (Å²) in [6, 6.07) is 5.39. The van der Waals surface area contributed by atoms with Crippen LogP contribution in [0.2, 0.25) is 0 Å². The maximum atomic E-state index is 13.6. The third-order valence-electron chi connectivity index (χ3n) is 3.73. The van der Waals surface area contributed by atoms with Crippen molar-refractivity contribution >= 4 is 33.8 Å². The van der Waals surface area contributed by atoms with Crippen molar-refractivity contribution in [3.05, 3.63) is 35.0 Å². The summed E-state index contributed by atoms with van der Waals surface area (Å²) in [5.41, 5.74) is 1.21. The molecule has 2 heterocycles. The summed E-state index contributed by atoms with van der Waals surface area (Å²) in [6.07, 6.45) is 1.11. The number of hydrogen-bond acceptors (Lipinski definition) is 2. The molecule has 1 saturated heterocycles. The van der Waals surface area contributed by atoms with Crippen LogP contribution in [0.3, 0.4) is 0 Å². The van der Waals surface area contributed by atoms with Gasteiger partial charge in [-0.2, -0.15) is 0 Å². The SMILES string of the molecule is C[C@@H]1CNCC[C@@H]1c1cc(F)cc2ccsc12.Cl. The highest BCUT2D eigenvalue weighted by atomic mass is 35.5. The molecule has 1 aliphatic heterocycles. The molecule has 0 radical (unpaired) electrons. The van der Waals surface area contributed by atoms with Crippen molar-refractivity contribution in [3.63, 3.8) is 0 Å². The van der Waals surface area contributed by atoms with E-state index in [-0.39, 0.29) is 18.2 Å². The van der Waals surface area contributed by atoms with E-state index in [1.54, 1.807) is 23.5 Å². The van der Waals surface area contributed by atoms with E-state index in [9.17, 15) is 4.39 Å². The first-order valence-electron chi connectivity index (χ1n) is 6.13. The van der Waals surface area contributed by atoms with E-state index < -0.39 is 0 Å². The smallest absolute Gasteiger partial charge is 0.124 e. The highest BCUT2D eigenvalue weighted by Gasteiger charge is 2.25. The summed E-state index contributed by atoms with van der Waals surface area (Å²) in [5.74, 6) is 0.973. The lowest BCUT2D eigenvalue weighted by atomic mass is 9.82. The summed E-state index contributed by atoms with van der Waals surface area (Å²) in [5, 5.41) is 6.51. The highest BCUT2D eigenvalue weighted by Crippen LogP contribution is 2.37. The monoisotopic (exact) mass is 285 g/mol. The van der Waals surface area contributed by atoms with Crippen LogP contribution in [0.15, 0.2) is 23.6 Å². The topological polar surface area (TPSA) is 12.0 Å². The lowest BCUT2D eigenvalue weighted by Gasteiger charge is -2.30. The molecule has 1 aromatic heterocycles. The molecule has 0 amide bonds. The maximum Gasteiger partial charge on any atom is 0.124 e. The molecule has 0 unspecified atom stereocenters. The molecule has 2 atom stereocenters. The van der Waals surface area contributed by atoms with E-state index in [0.717, 1.165) is 24.9 Å². The molecule has 0 bridgehead atoms. The fraction of sp³-hybridized carbons (Fsp3) is 0.429. The molecule has 1 N–H and O–H groups in total. The molecule has 3 rings (SSSR count). The van der Waals surface area contributed by atoms with Gasteiger partial charge >= 0.3 is 0 Å². The van der Waals surface area contributed by atoms with Crippen LogP contribution in [0.1, 0.15) is 24.8 Å². The lowest BCUT2D eigenvalue weighted by molar-refractivity contribution is 0.350. The molecule has 98 valence electrons. The number of piperidine rings is 1. The van der Waals surface area contributed by atoms with E-state index in [1.165, 1.54) is 10.3 Å². The van der Waals surface area contributed by atoms with Gasteiger partial charge in [0.25, 0.3) is 0 Å². The molecular weight excluding hydrogens is 269 g/mol. The molecule has 1 nitrogen and oxygen atoms in total. The van der Waals surface area contributed by atoms with Crippen LogP contribution in [0, 0.1) is 11.7 Å². The molecule has 0 saturated carbocycles. The molecule has 0 aliphatic carbocycles. The van der Waals surface area contributed by atoms with Crippen molar-refractivity contribution in [3.8, 4) is 0 Å². The van der Waals surface area contributed by atoms with Gasteiger partial charge in [0.05, 0.1) is 0 Å². The molecule has 4 heteroatoms. The van der Waals surface area contributed by atoms with Crippen LogP contribution in [-0.4, -0.2) is 13.1 Å². The Bertz CT molecular complexity index is 540. The van der Waals surface area contributed by atoms with Gasteiger partial charge in [-0.05, 0) is 65.9 Å². The quantitative estimate of drug-likeness (QED) is 0.829. The Labute approximate surface area is 117 Å². The fourth-order valence-corrected chi connectivity index (χ4v) is 3.78. The van der Waals surface area contributed by atoms with Crippen molar-refractivity contribution in [2.24, 2.45) is 5.92 Å². The van der Waals surface area contributed by atoms with Crippen molar-refractivity contribution < 1.29 is 4.39 Å². The number of halogens is 2. The third-order valence-corrected chi connectivity index (χ3v) is 4.71. The Morgan fingerprint density at radius 2 is 2.22 bits per heavy atom. The van der Waals surface area contributed by atoms with Gasteiger partial charge in [-0.1, -0.05) is 6.92 Å². The number of thiophene rings is 1. The average Bonchev–Trinajstić information content (AvgIpc) is 2.76. The molecular formula is C14H17ClFNS. The predicted octanol–water partition coefficient (Wildman–Crippen LogP) is 4.18. The Morgan fingerprint density at radius 3 is 3.00 bits per heavy atom. The Kier molecular flexibility index (Phi) is 4.25. The molecule has 1 fully saturated rings. The van der Waals surface area contributed by atoms with Gasteiger partial charge in [-0.25, -0.2) is 4.39 Å². The van der Waals surface area contributed by atoms with Gasteiger partial charge in [0.2, 0.25) is 0 Å². The predicted molar refractivity (Wildman–Crippen MR) is 78.4 cm³/mol. The molecule has 2 aromatic rings. The summed E-state index contributed by atoms with van der Waals surface area (Å²) >= 11 is 1.73. The van der Waals surface area contributed by atoms with Crippen LogP contribution in [0.5, 0.6) is 0 Å². The van der Waals surface area contributed by atoms with Gasteiger partial charge in [0, 0.05) is 4.70 Å². The Hall–Kier alpha value is -0.640. The molecule has 1 aromatic carbocycles. The zero-order valence-electron chi connectivity index (χ0n) is 10.3. The van der Waals surface area contributed by atoms with E-state index >= 15 is 0 Å². The van der Waals surface area contributed by atoms with Crippen LogP contribution in [0.25, 0.3) is 10.1 Å². The average molecular weight is 286 g/mol. The Morgan fingerprint density at radius 1 is 1.39 bits per heavy atom. The van der Waals surface area contributed by atoms with Gasteiger partial charge < -0.3 is 5.32 Å². The van der Waals surface area contributed by atoms with E-state index in [2.05, 4.69) is 17.6 Å². The summed E-state index contributed by atoms with van der Waals surface area (Å²) in [4.78, 5) is 0. The Balaban J connectivity index is 0.00000120. The second-order valence-corrected chi connectivity index (χ2v) is 5.83. The minimum atomic E-state index is -0.100.